The van der Waals surface area contributed by atoms with Crippen LogP contribution in [0.15, 0.2) is 36.5 Å². The lowest BCUT2D eigenvalue weighted by molar-refractivity contribution is -0.122. The number of unbranched alkanes of at least 4 members (excludes halogenated alkanes) is 20. The molecule has 4 heteroatoms. The van der Waals surface area contributed by atoms with E-state index in [1.165, 1.54) is 109 Å². The molecule has 4 nitrogen and oxygen atoms in total. The fourth-order valence-corrected chi connectivity index (χ4v) is 5.87. The van der Waals surface area contributed by atoms with Gasteiger partial charge in [-0.05, 0) is 71.1 Å². The predicted molar refractivity (Wildman–Crippen MR) is 203 cm³/mol. The summed E-state index contributed by atoms with van der Waals surface area (Å²) in [6.45, 7) is 7.29. The maximum atomic E-state index is 12.3. The van der Waals surface area contributed by atoms with Crippen molar-refractivity contribution < 1.29 is 9.59 Å². The van der Waals surface area contributed by atoms with Gasteiger partial charge >= 0.3 is 0 Å². The van der Waals surface area contributed by atoms with E-state index in [4.69, 9.17) is 0 Å². The number of rotatable bonds is 35. The van der Waals surface area contributed by atoms with E-state index in [1.807, 2.05) is 0 Å². The Balaban J connectivity index is 3.43. The average molecular weight is 643 g/mol. The summed E-state index contributed by atoms with van der Waals surface area (Å²) in [6.07, 6.45) is 48.1. The molecule has 0 aromatic heterocycles. The van der Waals surface area contributed by atoms with Crippen LogP contribution in [0, 0.1) is 0 Å². The summed E-state index contributed by atoms with van der Waals surface area (Å²) in [5.74, 6) is 0.386. The molecule has 1 atom stereocenters. The maximum Gasteiger partial charge on any atom is 0.220 e. The maximum absolute atomic E-state index is 12.3. The van der Waals surface area contributed by atoms with Gasteiger partial charge in [0.15, 0.2) is 0 Å². The molecule has 0 heterocycles. The first-order chi connectivity index (χ1) is 22.6. The molecular weight excluding hydrogens is 564 g/mol. The largest absolute Gasteiger partial charge is 0.356 e. The molecule has 46 heavy (non-hydrogen) atoms. The molecular formula is C42H78N2O2. The SMILES string of the molecule is CC/C=C\C/C=C\C/C=C\CCCCCCCC(=O)NCCCC[C@@H](C)NC(=O)CCCCCCCCCCCCCCCCC. The molecule has 2 amide bonds. The fraction of sp³-hybridized carbons (Fsp3) is 0.810. The van der Waals surface area contributed by atoms with Crippen LogP contribution in [0.1, 0.15) is 207 Å². The zero-order valence-electron chi connectivity index (χ0n) is 31.1. The minimum atomic E-state index is 0.186. The molecule has 0 unspecified atom stereocenters. The number of carbonyl (C=O) groups is 2. The minimum absolute atomic E-state index is 0.186. The van der Waals surface area contributed by atoms with E-state index in [0.29, 0.717) is 12.8 Å². The van der Waals surface area contributed by atoms with E-state index in [2.05, 4.69) is 67.9 Å². The van der Waals surface area contributed by atoms with Crippen LogP contribution < -0.4 is 10.6 Å². The third kappa shape index (κ3) is 36.6. The third-order valence-corrected chi connectivity index (χ3v) is 8.86. The average Bonchev–Trinajstić information content (AvgIpc) is 3.04. The Morgan fingerprint density at radius 2 is 0.957 bits per heavy atom. The van der Waals surface area contributed by atoms with Crippen LogP contribution >= 0.6 is 0 Å². The number of amides is 2. The van der Waals surface area contributed by atoms with Gasteiger partial charge in [-0.2, -0.15) is 0 Å². The number of nitrogens with one attached hydrogen (secondary N) is 2. The highest BCUT2D eigenvalue weighted by Gasteiger charge is 2.07. The van der Waals surface area contributed by atoms with Gasteiger partial charge in [0.25, 0.3) is 0 Å². The van der Waals surface area contributed by atoms with Crippen LogP contribution in [-0.2, 0) is 9.59 Å². The molecule has 2 N–H and O–H groups in total. The number of carbonyl (C=O) groups excluding carboxylic acids is 2. The summed E-state index contributed by atoms with van der Waals surface area (Å²) in [5, 5.41) is 6.24. The topological polar surface area (TPSA) is 58.2 Å². The van der Waals surface area contributed by atoms with Gasteiger partial charge in [0.05, 0.1) is 0 Å². The van der Waals surface area contributed by atoms with Gasteiger partial charge in [-0.1, -0.05) is 159 Å². The van der Waals surface area contributed by atoms with Crippen LogP contribution in [0.2, 0.25) is 0 Å². The number of allylic oxidation sites excluding steroid dienone is 6. The van der Waals surface area contributed by atoms with Gasteiger partial charge in [-0.3, -0.25) is 9.59 Å². The van der Waals surface area contributed by atoms with Crippen LogP contribution in [0.25, 0.3) is 0 Å². The molecule has 0 saturated heterocycles. The van der Waals surface area contributed by atoms with Gasteiger partial charge in [0.2, 0.25) is 11.8 Å². The summed E-state index contributed by atoms with van der Waals surface area (Å²) >= 11 is 0. The summed E-state index contributed by atoms with van der Waals surface area (Å²) in [6, 6.07) is 0.213. The van der Waals surface area contributed by atoms with Crippen molar-refractivity contribution in [2.24, 2.45) is 0 Å². The van der Waals surface area contributed by atoms with Crippen LogP contribution in [0.5, 0.6) is 0 Å². The predicted octanol–water partition coefficient (Wildman–Crippen LogP) is 12.6. The van der Waals surface area contributed by atoms with E-state index >= 15 is 0 Å². The molecule has 0 aromatic rings. The molecule has 0 aliphatic heterocycles. The van der Waals surface area contributed by atoms with Gasteiger partial charge in [-0.15, -0.1) is 0 Å². The molecule has 0 radical (unpaired) electrons. The molecule has 0 rings (SSSR count). The quantitative estimate of drug-likeness (QED) is 0.0534. The summed E-state index contributed by atoms with van der Waals surface area (Å²) in [7, 11) is 0. The van der Waals surface area contributed by atoms with Crippen LogP contribution in [-0.4, -0.2) is 24.4 Å². The Hall–Kier alpha value is -1.84. The molecule has 0 aliphatic carbocycles. The number of hydrogen-bond acceptors (Lipinski definition) is 2. The zero-order valence-corrected chi connectivity index (χ0v) is 31.1. The summed E-state index contributed by atoms with van der Waals surface area (Å²) < 4.78 is 0. The highest BCUT2D eigenvalue weighted by molar-refractivity contribution is 5.76. The standard InChI is InChI=1S/C42H78N2O2/c1-4-6-8-10-12-14-16-18-20-22-24-26-28-30-32-37-41(45)43-39-35-34-36-40(3)44-42(46)38-33-31-29-27-25-23-21-19-17-15-13-11-9-7-5-2/h6,8,12,14,18,20,40H,4-5,7,9-11,13,15-17,19,21-39H2,1-3H3,(H,43,45)(H,44,46)/b8-6-,14-12-,20-18-/t40-/m1/s1. The van der Waals surface area contributed by atoms with Gasteiger partial charge in [0.1, 0.15) is 0 Å². The van der Waals surface area contributed by atoms with Crippen molar-refractivity contribution in [2.75, 3.05) is 6.54 Å². The second kappa shape index (κ2) is 37.6. The minimum Gasteiger partial charge on any atom is -0.356 e. The highest BCUT2D eigenvalue weighted by Crippen LogP contribution is 2.14. The zero-order chi connectivity index (χ0) is 33.6. The molecule has 0 saturated carbocycles. The first kappa shape index (κ1) is 44.2. The van der Waals surface area contributed by atoms with E-state index < -0.39 is 0 Å². The van der Waals surface area contributed by atoms with Crippen LogP contribution in [0.3, 0.4) is 0 Å². The molecule has 0 bridgehead atoms. The van der Waals surface area contributed by atoms with E-state index in [-0.39, 0.29) is 17.9 Å². The van der Waals surface area contributed by atoms with Gasteiger partial charge in [-0.25, -0.2) is 0 Å². The Bertz CT molecular complexity index is 742. The Labute approximate surface area is 287 Å². The Morgan fingerprint density at radius 3 is 1.50 bits per heavy atom. The Morgan fingerprint density at radius 1 is 0.500 bits per heavy atom. The third-order valence-electron chi connectivity index (χ3n) is 8.86. The van der Waals surface area contributed by atoms with Crippen molar-refractivity contribution >= 4 is 11.8 Å². The first-order valence-electron chi connectivity index (χ1n) is 20.1. The van der Waals surface area contributed by atoms with Crippen molar-refractivity contribution in [3.05, 3.63) is 36.5 Å². The lowest BCUT2D eigenvalue weighted by Gasteiger charge is -2.14. The van der Waals surface area contributed by atoms with E-state index in [1.54, 1.807) is 0 Å². The fourth-order valence-electron chi connectivity index (χ4n) is 5.87. The first-order valence-corrected chi connectivity index (χ1v) is 20.1. The van der Waals surface area contributed by atoms with Crippen molar-refractivity contribution in [3.8, 4) is 0 Å². The van der Waals surface area contributed by atoms with Gasteiger partial charge < -0.3 is 10.6 Å². The second-order valence-electron chi connectivity index (χ2n) is 13.6. The van der Waals surface area contributed by atoms with E-state index in [9.17, 15) is 9.59 Å². The van der Waals surface area contributed by atoms with E-state index in [0.717, 1.165) is 70.8 Å². The van der Waals surface area contributed by atoms with Gasteiger partial charge in [0, 0.05) is 25.4 Å². The molecule has 0 fully saturated rings. The number of hydrogen-bond donors (Lipinski definition) is 2. The van der Waals surface area contributed by atoms with Crippen molar-refractivity contribution in [3.63, 3.8) is 0 Å². The molecule has 0 aromatic carbocycles. The normalized spacial score (nSPS) is 12.5. The summed E-state index contributed by atoms with van der Waals surface area (Å²) in [4.78, 5) is 24.4. The second-order valence-corrected chi connectivity index (χ2v) is 13.6. The highest BCUT2D eigenvalue weighted by atomic mass is 16.2. The summed E-state index contributed by atoms with van der Waals surface area (Å²) in [5.41, 5.74) is 0. The van der Waals surface area contributed by atoms with Crippen LogP contribution in [0.4, 0.5) is 0 Å². The monoisotopic (exact) mass is 643 g/mol. The Kier molecular flexibility index (Phi) is 36.1. The smallest absolute Gasteiger partial charge is 0.220 e. The lowest BCUT2D eigenvalue weighted by atomic mass is 10.0. The molecule has 0 spiro atoms. The van der Waals surface area contributed by atoms with Crippen molar-refractivity contribution in [2.45, 2.75) is 213 Å². The lowest BCUT2D eigenvalue weighted by Crippen LogP contribution is -2.32. The molecule has 0 aliphatic rings. The molecule has 268 valence electrons. The van der Waals surface area contributed by atoms with Crippen molar-refractivity contribution in [1.29, 1.82) is 0 Å². The van der Waals surface area contributed by atoms with Crippen molar-refractivity contribution in [1.82, 2.24) is 10.6 Å².